The Balaban J connectivity index is 1.60. The van der Waals surface area contributed by atoms with E-state index in [1.807, 2.05) is 18.2 Å². The lowest BCUT2D eigenvalue weighted by Crippen LogP contribution is -2.43. The van der Waals surface area contributed by atoms with E-state index in [0.717, 1.165) is 38.0 Å². The molecule has 7 nitrogen and oxygen atoms in total. The van der Waals surface area contributed by atoms with Crippen molar-refractivity contribution in [1.29, 1.82) is 0 Å². The minimum atomic E-state index is -0.232. The fourth-order valence-electron chi connectivity index (χ4n) is 4.19. The van der Waals surface area contributed by atoms with Gasteiger partial charge in [-0.05, 0) is 36.0 Å². The van der Waals surface area contributed by atoms with Crippen molar-refractivity contribution in [3.8, 4) is 11.5 Å². The molecule has 0 bridgehead atoms. The average molecular weight is 407 g/mol. The van der Waals surface area contributed by atoms with E-state index in [4.69, 9.17) is 14.2 Å². The van der Waals surface area contributed by atoms with Crippen LogP contribution in [0.4, 0.5) is 0 Å². The Morgan fingerprint density at radius 3 is 2.72 bits per heavy atom. The third-order valence-corrected chi connectivity index (χ3v) is 5.57. The van der Waals surface area contributed by atoms with Gasteiger partial charge in [-0.15, -0.1) is 0 Å². The third kappa shape index (κ3) is 6.32. The van der Waals surface area contributed by atoms with E-state index in [-0.39, 0.29) is 24.0 Å². The first-order valence-electron chi connectivity index (χ1n) is 10.4. The summed E-state index contributed by atoms with van der Waals surface area (Å²) in [4.78, 5) is 16.4. The van der Waals surface area contributed by atoms with E-state index in [2.05, 4.69) is 18.7 Å². The van der Waals surface area contributed by atoms with Crippen LogP contribution < -0.4 is 9.47 Å². The topological polar surface area (TPSA) is 71.5 Å². The molecule has 0 radical (unpaired) electrons. The first-order chi connectivity index (χ1) is 13.9. The van der Waals surface area contributed by atoms with Gasteiger partial charge < -0.3 is 24.2 Å². The number of nitrogens with zero attached hydrogens (tertiary/aromatic N) is 2. The van der Waals surface area contributed by atoms with Crippen molar-refractivity contribution in [2.75, 3.05) is 53.1 Å². The Kier molecular flexibility index (Phi) is 7.38. The lowest BCUT2D eigenvalue weighted by molar-refractivity contribution is -0.137. The normalized spacial score (nSPS) is 22.8. The largest absolute Gasteiger partial charge is 0.493 e. The van der Waals surface area contributed by atoms with Gasteiger partial charge in [0.1, 0.15) is 0 Å². The molecular formula is C22H34N2O5. The zero-order chi connectivity index (χ0) is 20.9. The highest BCUT2D eigenvalue weighted by atomic mass is 16.5. The number of hydrogen-bond acceptors (Lipinski definition) is 6. The van der Waals surface area contributed by atoms with E-state index in [0.29, 0.717) is 37.8 Å². The number of rotatable bonds is 6. The average Bonchev–Trinajstić information content (AvgIpc) is 2.83. The summed E-state index contributed by atoms with van der Waals surface area (Å²) in [6.45, 7) is 9.39. The van der Waals surface area contributed by atoms with Crippen LogP contribution >= 0.6 is 0 Å². The maximum Gasteiger partial charge on any atom is 0.260 e. The maximum absolute atomic E-state index is 12.3. The summed E-state index contributed by atoms with van der Waals surface area (Å²) in [5.41, 5.74) is 1.21. The molecular weight excluding hydrogens is 372 g/mol. The molecule has 29 heavy (non-hydrogen) atoms. The van der Waals surface area contributed by atoms with Crippen LogP contribution in [0, 0.1) is 5.41 Å². The monoisotopic (exact) mass is 406 g/mol. The van der Waals surface area contributed by atoms with Gasteiger partial charge in [0, 0.05) is 32.7 Å². The molecule has 1 N–H and O–H groups in total. The molecule has 2 aliphatic heterocycles. The number of methoxy groups -OCH3 is 1. The number of ether oxygens (including phenoxy) is 3. The van der Waals surface area contributed by atoms with Crippen molar-refractivity contribution in [3.63, 3.8) is 0 Å². The third-order valence-electron chi connectivity index (χ3n) is 5.57. The summed E-state index contributed by atoms with van der Waals surface area (Å²) in [7, 11) is 1.61. The van der Waals surface area contributed by atoms with E-state index in [1.54, 1.807) is 12.0 Å². The number of benzene rings is 1. The van der Waals surface area contributed by atoms with Gasteiger partial charge >= 0.3 is 0 Å². The Labute approximate surface area is 173 Å². The summed E-state index contributed by atoms with van der Waals surface area (Å²) in [5.74, 6) is 1.17. The summed E-state index contributed by atoms with van der Waals surface area (Å²) >= 11 is 0. The van der Waals surface area contributed by atoms with Gasteiger partial charge in [0.05, 0.1) is 26.4 Å². The predicted octanol–water partition coefficient (Wildman–Crippen LogP) is 1.92. The Morgan fingerprint density at radius 1 is 1.24 bits per heavy atom. The van der Waals surface area contributed by atoms with Gasteiger partial charge in [-0.2, -0.15) is 0 Å². The second-order valence-electron chi connectivity index (χ2n) is 8.79. The van der Waals surface area contributed by atoms with Gasteiger partial charge in [0.25, 0.3) is 5.91 Å². The SMILES string of the molecule is COc1cc(CN2CCC(O)CC(C)(C)C2)ccc1OCC(=O)N1CCOCC1. The van der Waals surface area contributed by atoms with Gasteiger partial charge in [-0.1, -0.05) is 19.9 Å². The molecule has 1 aromatic carbocycles. The molecule has 0 aliphatic carbocycles. The highest BCUT2D eigenvalue weighted by Gasteiger charge is 2.29. The lowest BCUT2D eigenvalue weighted by Gasteiger charge is -2.30. The Hall–Kier alpha value is -1.83. The quantitative estimate of drug-likeness (QED) is 0.778. The van der Waals surface area contributed by atoms with Gasteiger partial charge in [0.15, 0.2) is 18.1 Å². The van der Waals surface area contributed by atoms with Gasteiger partial charge in [-0.3, -0.25) is 9.69 Å². The molecule has 2 fully saturated rings. The standard InChI is InChI=1S/C22H34N2O5/c1-22(2)13-18(25)6-7-23(16-22)14-17-4-5-19(20(12-17)27-3)29-15-21(26)24-8-10-28-11-9-24/h4-5,12,18,25H,6-11,13-16H2,1-3H3. The smallest absolute Gasteiger partial charge is 0.260 e. The van der Waals surface area contributed by atoms with Crippen LogP contribution in [0.15, 0.2) is 18.2 Å². The molecule has 1 atom stereocenters. The maximum atomic E-state index is 12.3. The number of carbonyl (C=O) groups excluding carboxylic acids is 1. The van der Waals surface area contributed by atoms with Crippen LogP contribution in [0.2, 0.25) is 0 Å². The van der Waals surface area contributed by atoms with Crippen LogP contribution in [-0.4, -0.2) is 80.0 Å². The zero-order valence-corrected chi connectivity index (χ0v) is 17.9. The highest BCUT2D eigenvalue weighted by Crippen LogP contribution is 2.31. The summed E-state index contributed by atoms with van der Waals surface area (Å²) in [6, 6.07) is 5.87. The Morgan fingerprint density at radius 2 is 2.00 bits per heavy atom. The molecule has 0 saturated carbocycles. The predicted molar refractivity (Wildman–Crippen MR) is 110 cm³/mol. The van der Waals surface area contributed by atoms with Crippen molar-refractivity contribution in [2.24, 2.45) is 5.41 Å². The molecule has 1 unspecified atom stereocenters. The molecule has 1 aromatic rings. The van der Waals surface area contributed by atoms with Crippen LogP contribution in [0.3, 0.4) is 0 Å². The molecule has 2 aliphatic rings. The van der Waals surface area contributed by atoms with Gasteiger partial charge in [0.2, 0.25) is 0 Å². The van der Waals surface area contributed by atoms with E-state index >= 15 is 0 Å². The fourth-order valence-corrected chi connectivity index (χ4v) is 4.19. The van der Waals surface area contributed by atoms with Crippen LogP contribution in [0.5, 0.6) is 11.5 Å². The van der Waals surface area contributed by atoms with E-state index in [1.165, 1.54) is 0 Å². The lowest BCUT2D eigenvalue weighted by atomic mass is 9.87. The Bertz CT molecular complexity index is 688. The minimum absolute atomic E-state index is 0.00604. The number of morpholine rings is 1. The number of aliphatic hydroxyl groups excluding tert-OH is 1. The van der Waals surface area contributed by atoms with Crippen molar-refractivity contribution < 1.29 is 24.1 Å². The van der Waals surface area contributed by atoms with Crippen LogP contribution in [0.1, 0.15) is 32.3 Å². The molecule has 2 heterocycles. The van der Waals surface area contributed by atoms with E-state index < -0.39 is 0 Å². The van der Waals surface area contributed by atoms with Crippen LogP contribution in [0.25, 0.3) is 0 Å². The summed E-state index contributed by atoms with van der Waals surface area (Å²) in [5, 5.41) is 10.1. The number of carbonyl (C=O) groups is 1. The van der Waals surface area contributed by atoms with Crippen LogP contribution in [-0.2, 0) is 16.1 Å². The van der Waals surface area contributed by atoms with Crippen molar-refractivity contribution >= 4 is 5.91 Å². The van der Waals surface area contributed by atoms with Crippen molar-refractivity contribution in [1.82, 2.24) is 9.80 Å². The molecule has 2 saturated heterocycles. The minimum Gasteiger partial charge on any atom is -0.493 e. The van der Waals surface area contributed by atoms with Crippen molar-refractivity contribution in [3.05, 3.63) is 23.8 Å². The number of aliphatic hydroxyl groups is 1. The first-order valence-corrected chi connectivity index (χ1v) is 10.4. The zero-order valence-electron chi connectivity index (χ0n) is 17.9. The van der Waals surface area contributed by atoms with E-state index in [9.17, 15) is 9.90 Å². The number of hydrogen-bond donors (Lipinski definition) is 1. The first kappa shape index (κ1) is 21.9. The molecule has 0 spiro atoms. The second kappa shape index (κ2) is 9.78. The highest BCUT2D eigenvalue weighted by molar-refractivity contribution is 5.78. The summed E-state index contributed by atoms with van der Waals surface area (Å²) in [6.07, 6.45) is 1.40. The molecule has 0 aromatic heterocycles. The number of amides is 1. The second-order valence-corrected chi connectivity index (χ2v) is 8.79. The molecule has 3 rings (SSSR count). The van der Waals surface area contributed by atoms with Gasteiger partial charge in [-0.25, -0.2) is 0 Å². The molecule has 1 amide bonds. The summed E-state index contributed by atoms with van der Waals surface area (Å²) < 4.78 is 16.5. The molecule has 7 heteroatoms. The molecule has 162 valence electrons. The van der Waals surface area contributed by atoms with Crippen molar-refractivity contribution in [2.45, 2.75) is 39.3 Å². The fraction of sp³-hybridized carbons (Fsp3) is 0.682. The number of likely N-dealkylation sites (tertiary alicyclic amines) is 1.